The number of aliphatic hydroxyl groups is 1. The van der Waals surface area contributed by atoms with E-state index in [9.17, 15) is 9.50 Å². The predicted octanol–water partition coefficient (Wildman–Crippen LogP) is 4.16. The SMILES string of the molecule is O[C@@H]1C[C@H](c2ccc(F)cc2)c2ccc(Br)cc21. The standard InChI is InChI=1S/C15H12BrFO/c16-10-3-6-12-13(8-15(18)14(12)7-10)9-1-4-11(17)5-2-9/h1-7,13,15,18H,8H2/t13-,15-/m1/s1. The molecule has 2 atom stereocenters. The van der Waals surface area contributed by atoms with E-state index in [0.29, 0.717) is 6.42 Å². The van der Waals surface area contributed by atoms with E-state index in [2.05, 4.69) is 15.9 Å². The van der Waals surface area contributed by atoms with Crippen molar-refractivity contribution in [2.45, 2.75) is 18.4 Å². The Labute approximate surface area is 113 Å². The quantitative estimate of drug-likeness (QED) is 0.839. The van der Waals surface area contributed by atoms with Gasteiger partial charge in [-0.1, -0.05) is 34.1 Å². The van der Waals surface area contributed by atoms with E-state index in [1.54, 1.807) is 12.1 Å². The first kappa shape index (κ1) is 11.9. The van der Waals surface area contributed by atoms with E-state index in [1.165, 1.54) is 12.1 Å². The summed E-state index contributed by atoms with van der Waals surface area (Å²) in [5, 5.41) is 10.1. The van der Waals surface area contributed by atoms with Gasteiger partial charge in [0.05, 0.1) is 6.10 Å². The van der Waals surface area contributed by atoms with Crippen LogP contribution < -0.4 is 0 Å². The van der Waals surface area contributed by atoms with E-state index in [1.807, 2.05) is 18.2 Å². The van der Waals surface area contributed by atoms with Crippen molar-refractivity contribution >= 4 is 15.9 Å². The molecule has 0 amide bonds. The van der Waals surface area contributed by atoms with Crippen LogP contribution in [-0.4, -0.2) is 5.11 Å². The zero-order valence-electron chi connectivity index (χ0n) is 9.61. The molecule has 0 bridgehead atoms. The number of rotatable bonds is 1. The van der Waals surface area contributed by atoms with Gasteiger partial charge < -0.3 is 5.11 Å². The van der Waals surface area contributed by atoms with Crippen LogP contribution in [0, 0.1) is 5.82 Å². The fraction of sp³-hybridized carbons (Fsp3) is 0.200. The maximum absolute atomic E-state index is 12.9. The molecule has 0 heterocycles. The zero-order chi connectivity index (χ0) is 12.7. The molecule has 0 saturated carbocycles. The number of hydrogen-bond acceptors (Lipinski definition) is 1. The lowest BCUT2D eigenvalue weighted by Crippen LogP contribution is -1.96. The van der Waals surface area contributed by atoms with E-state index in [0.717, 1.165) is 21.2 Å². The molecule has 0 radical (unpaired) electrons. The van der Waals surface area contributed by atoms with Crippen LogP contribution in [0.5, 0.6) is 0 Å². The highest BCUT2D eigenvalue weighted by molar-refractivity contribution is 9.10. The minimum absolute atomic E-state index is 0.156. The second-order valence-corrected chi connectivity index (χ2v) is 5.54. The summed E-state index contributed by atoms with van der Waals surface area (Å²) in [6.07, 6.45) is 0.227. The van der Waals surface area contributed by atoms with Crippen LogP contribution in [0.2, 0.25) is 0 Å². The largest absolute Gasteiger partial charge is 0.388 e. The lowest BCUT2D eigenvalue weighted by molar-refractivity contribution is 0.176. The molecule has 0 aromatic heterocycles. The van der Waals surface area contributed by atoms with Crippen LogP contribution in [0.3, 0.4) is 0 Å². The van der Waals surface area contributed by atoms with Crippen molar-refractivity contribution in [1.29, 1.82) is 0 Å². The van der Waals surface area contributed by atoms with E-state index in [-0.39, 0.29) is 11.7 Å². The minimum atomic E-state index is -0.437. The third-order valence-corrected chi connectivity index (χ3v) is 4.01. The molecule has 18 heavy (non-hydrogen) atoms. The van der Waals surface area contributed by atoms with Gasteiger partial charge in [0.25, 0.3) is 0 Å². The number of fused-ring (bicyclic) bond motifs is 1. The summed E-state index contributed by atoms with van der Waals surface area (Å²) in [7, 11) is 0. The molecular formula is C15H12BrFO. The lowest BCUT2D eigenvalue weighted by atomic mass is 9.93. The minimum Gasteiger partial charge on any atom is -0.388 e. The van der Waals surface area contributed by atoms with Gasteiger partial charge in [-0.05, 0) is 47.4 Å². The molecule has 0 unspecified atom stereocenters. The van der Waals surface area contributed by atoms with E-state index >= 15 is 0 Å². The van der Waals surface area contributed by atoms with Gasteiger partial charge in [0, 0.05) is 10.4 Å². The number of aliphatic hydroxyl groups excluding tert-OH is 1. The summed E-state index contributed by atoms with van der Waals surface area (Å²) in [5.41, 5.74) is 3.16. The summed E-state index contributed by atoms with van der Waals surface area (Å²) in [6.45, 7) is 0. The maximum Gasteiger partial charge on any atom is 0.123 e. The molecule has 3 rings (SSSR count). The van der Waals surface area contributed by atoms with Crippen LogP contribution in [0.25, 0.3) is 0 Å². The fourth-order valence-electron chi connectivity index (χ4n) is 2.64. The molecule has 1 N–H and O–H groups in total. The number of hydrogen-bond donors (Lipinski definition) is 1. The lowest BCUT2D eigenvalue weighted by Gasteiger charge is -2.11. The Morgan fingerprint density at radius 2 is 1.78 bits per heavy atom. The fourth-order valence-corrected chi connectivity index (χ4v) is 3.02. The van der Waals surface area contributed by atoms with E-state index < -0.39 is 6.10 Å². The van der Waals surface area contributed by atoms with Gasteiger partial charge in [-0.25, -0.2) is 4.39 Å². The van der Waals surface area contributed by atoms with Gasteiger partial charge >= 0.3 is 0 Å². The topological polar surface area (TPSA) is 20.2 Å². The van der Waals surface area contributed by atoms with Gasteiger partial charge in [-0.15, -0.1) is 0 Å². The van der Waals surface area contributed by atoms with Crippen LogP contribution in [0.1, 0.15) is 35.1 Å². The van der Waals surface area contributed by atoms with Crippen molar-refractivity contribution < 1.29 is 9.50 Å². The highest BCUT2D eigenvalue weighted by atomic mass is 79.9. The van der Waals surface area contributed by atoms with Crippen LogP contribution in [0.4, 0.5) is 4.39 Å². The summed E-state index contributed by atoms with van der Waals surface area (Å²) < 4.78 is 13.9. The molecule has 1 aliphatic rings. The molecule has 0 fully saturated rings. The zero-order valence-corrected chi connectivity index (χ0v) is 11.2. The Kier molecular flexibility index (Phi) is 2.96. The second-order valence-electron chi connectivity index (χ2n) is 4.63. The molecule has 1 aliphatic carbocycles. The van der Waals surface area contributed by atoms with E-state index in [4.69, 9.17) is 0 Å². The highest BCUT2D eigenvalue weighted by Crippen LogP contribution is 2.44. The summed E-state index contributed by atoms with van der Waals surface area (Å²) in [6, 6.07) is 12.5. The number of halogens is 2. The summed E-state index contributed by atoms with van der Waals surface area (Å²) in [5.74, 6) is -0.0722. The molecule has 0 spiro atoms. The summed E-state index contributed by atoms with van der Waals surface area (Å²) in [4.78, 5) is 0. The Morgan fingerprint density at radius 1 is 1.06 bits per heavy atom. The van der Waals surface area contributed by atoms with Crippen molar-refractivity contribution in [3.63, 3.8) is 0 Å². The Morgan fingerprint density at radius 3 is 2.50 bits per heavy atom. The van der Waals surface area contributed by atoms with Gasteiger partial charge in [-0.2, -0.15) is 0 Å². The molecule has 0 saturated heterocycles. The van der Waals surface area contributed by atoms with Crippen molar-refractivity contribution in [3.05, 3.63) is 69.4 Å². The van der Waals surface area contributed by atoms with Crippen molar-refractivity contribution in [2.75, 3.05) is 0 Å². The monoisotopic (exact) mass is 306 g/mol. The summed E-state index contributed by atoms with van der Waals surface area (Å²) >= 11 is 3.42. The Bertz CT molecular complexity index is 580. The van der Waals surface area contributed by atoms with Crippen LogP contribution >= 0.6 is 15.9 Å². The van der Waals surface area contributed by atoms with Gasteiger partial charge in [-0.3, -0.25) is 0 Å². The van der Waals surface area contributed by atoms with Crippen molar-refractivity contribution in [2.24, 2.45) is 0 Å². The predicted molar refractivity (Wildman–Crippen MR) is 72.0 cm³/mol. The number of benzene rings is 2. The van der Waals surface area contributed by atoms with Gasteiger partial charge in [0.15, 0.2) is 0 Å². The average molecular weight is 307 g/mol. The average Bonchev–Trinajstić information content (AvgIpc) is 2.68. The smallest absolute Gasteiger partial charge is 0.123 e. The molecule has 3 heteroatoms. The molecule has 1 nitrogen and oxygen atoms in total. The first-order chi connectivity index (χ1) is 8.65. The van der Waals surface area contributed by atoms with Crippen molar-refractivity contribution in [3.8, 4) is 0 Å². The molecule has 0 aliphatic heterocycles. The van der Waals surface area contributed by atoms with Crippen LogP contribution in [0.15, 0.2) is 46.9 Å². The third-order valence-electron chi connectivity index (χ3n) is 3.51. The van der Waals surface area contributed by atoms with Gasteiger partial charge in [0.2, 0.25) is 0 Å². The third kappa shape index (κ3) is 1.98. The first-order valence-electron chi connectivity index (χ1n) is 5.88. The highest BCUT2D eigenvalue weighted by Gasteiger charge is 2.30. The second kappa shape index (κ2) is 4.48. The first-order valence-corrected chi connectivity index (χ1v) is 6.67. The Hall–Kier alpha value is -1.19. The molecular weight excluding hydrogens is 295 g/mol. The van der Waals surface area contributed by atoms with Gasteiger partial charge in [0.1, 0.15) is 5.82 Å². The Balaban J connectivity index is 2.05. The normalized spacial score (nSPS) is 21.9. The molecule has 92 valence electrons. The van der Waals surface area contributed by atoms with Crippen LogP contribution in [-0.2, 0) is 0 Å². The molecule has 2 aromatic carbocycles. The molecule has 2 aromatic rings. The van der Waals surface area contributed by atoms with Crippen molar-refractivity contribution in [1.82, 2.24) is 0 Å². The maximum atomic E-state index is 12.9.